The molecule has 5 heteroatoms. The zero-order chi connectivity index (χ0) is 20.1. The van der Waals surface area contributed by atoms with E-state index in [4.69, 9.17) is 14.9 Å². The van der Waals surface area contributed by atoms with Crippen LogP contribution >= 0.6 is 0 Å². The van der Waals surface area contributed by atoms with E-state index in [2.05, 4.69) is 0 Å². The van der Waals surface area contributed by atoms with Gasteiger partial charge in [-0.2, -0.15) is 15.3 Å². The van der Waals surface area contributed by atoms with Crippen LogP contribution in [0.3, 0.4) is 0 Å². The van der Waals surface area contributed by atoms with E-state index in [1.165, 1.54) is 0 Å². The minimum absolute atomic E-state index is 0.294. The second-order valence-corrected chi connectivity index (χ2v) is 6.51. The van der Waals surface area contributed by atoms with Crippen LogP contribution in [0.4, 0.5) is 5.69 Å². The zero-order valence-electron chi connectivity index (χ0n) is 16.1. The Bertz CT molecular complexity index is 974. The highest BCUT2D eigenvalue weighted by molar-refractivity contribution is 6.30. The molecule has 3 aromatic carbocycles. The van der Waals surface area contributed by atoms with E-state index in [0.717, 1.165) is 16.8 Å². The average Bonchev–Trinajstić information content (AvgIpc) is 2.80. The van der Waals surface area contributed by atoms with Gasteiger partial charge < -0.3 is 4.74 Å². The molecule has 0 saturated heterocycles. The highest BCUT2D eigenvalue weighted by Gasteiger charge is 2.37. The van der Waals surface area contributed by atoms with Gasteiger partial charge in [-0.3, -0.25) is 4.79 Å². The van der Waals surface area contributed by atoms with E-state index in [1.807, 2.05) is 91.0 Å². The van der Waals surface area contributed by atoms with E-state index in [-0.39, 0.29) is 5.97 Å². The van der Waals surface area contributed by atoms with Gasteiger partial charge in [-0.25, -0.2) is 0 Å². The van der Waals surface area contributed by atoms with Gasteiger partial charge in [0.25, 0.3) is 0 Å². The lowest BCUT2D eigenvalue weighted by Gasteiger charge is -2.28. The summed E-state index contributed by atoms with van der Waals surface area (Å²) in [5.41, 5.74) is 3.75. The van der Waals surface area contributed by atoms with Gasteiger partial charge in [0.15, 0.2) is 0 Å². The van der Waals surface area contributed by atoms with Crippen LogP contribution in [-0.4, -0.2) is 24.0 Å². The molecule has 0 unspecified atom stereocenters. The van der Waals surface area contributed by atoms with Crippen molar-refractivity contribution in [1.82, 2.24) is 0 Å². The fraction of sp³-hybridized carbons (Fsp3) is 0.125. The molecule has 0 bridgehead atoms. The molecule has 0 atom stereocenters. The van der Waals surface area contributed by atoms with Gasteiger partial charge in [0.2, 0.25) is 0 Å². The summed E-state index contributed by atoms with van der Waals surface area (Å²) in [4.78, 5) is 13.0. The summed E-state index contributed by atoms with van der Waals surface area (Å²) in [6, 6.07) is 29.1. The van der Waals surface area contributed by atoms with Crippen LogP contribution in [0.15, 0.2) is 101 Å². The lowest BCUT2D eigenvalue weighted by atomic mass is 9.88. The zero-order valence-corrected chi connectivity index (χ0v) is 16.1. The standard InChI is InChI=1S/C24H21N3O2/c1-2-29-24(28)21-22(18-12-6-3-7-13-18)25-27(20-16-10-5-11-17-20)26-23(21)19-14-8-4-9-15-19/h3-17,21H,2H2,1H3. The van der Waals surface area contributed by atoms with Crippen LogP contribution in [0, 0.1) is 5.92 Å². The summed E-state index contributed by atoms with van der Waals surface area (Å²) in [7, 11) is 0. The molecule has 0 amide bonds. The van der Waals surface area contributed by atoms with E-state index in [0.29, 0.717) is 18.0 Å². The fourth-order valence-electron chi connectivity index (χ4n) is 3.26. The number of hydrogen-bond donors (Lipinski definition) is 0. The summed E-state index contributed by atoms with van der Waals surface area (Å²) in [5, 5.41) is 11.1. The smallest absolute Gasteiger partial charge is 0.321 e. The maximum Gasteiger partial charge on any atom is 0.321 e. The van der Waals surface area contributed by atoms with Gasteiger partial charge in [0.05, 0.1) is 23.7 Å². The normalized spacial score (nSPS) is 14.2. The molecular weight excluding hydrogens is 362 g/mol. The maximum atomic E-state index is 13.0. The third-order valence-electron chi connectivity index (χ3n) is 4.60. The first-order valence-electron chi connectivity index (χ1n) is 9.57. The average molecular weight is 383 g/mol. The summed E-state index contributed by atoms with van der Waals surface area (Å²) in [6.45, 7) is 2.09. The van der Waals surface area contributed by atoms with Crippen LogP contribution in [0.25, 0.3) is 0 Å². The first kappa shape index (κ1) is 18.6. The minimum Gasteiger partial charge on any atom is -0.465 e. The molecule has 0 spiro atoms. The number of anilines is 1. The Morgan fingerprint density at radius 3 is 1.69 bits per heavy atom. The fourth-order valence-corrected chi connectivity index (χ4v) is 3.26. The van der Waals surface area contributed by atoms with Crippen LogP contribution in [0.1, 0.15) is 18.1 Å². The van der Waals surface area contributed by atoms with Crippen molar-refractivity contribution in [2.75, 3.05) is 11.7 Å². The Hall–Kier alpha value is -3.73. The van der Waals surface area contributed by atoms with E-state index < -0.39 is 5.92 Å². The van der Waals surface area contributed by atoms with E-state index >= 15 is 0 Å². The molecule has 5 nitrogen and oxygen atoms in total. The van der Waals surface area contributed by atoms with Crippen molar-refractivity contribution in [2.45, 2.75) is 6.92 Å². The Kier molecular flexibility index (Phi) is 5.47. The molecular formula is C24H21N3O2. The molecule has 144 valence electrons. The number of carbonyl (C=O) groups is 1. The largest absolute Gasteiger partial charge is 0.465 e. The minimum atomic E-state index is -0.709. The molecule has 0 saturated carbocycles. The molecule has 4 rings (SSSR count). The van der Waals surface area contributed by atoms with Gasteiger partial charge in [-0.05, 0) is 30.2 Å². The molecule has 3 aromatic rings. The third kappa shape index (κ3) is 3.94. The van der Waals surface area contributed by atoms with Gasteiger partial charge in [0.1, 0.15) is 5.92 Å². The molecule has 1 aliphatic rings. The molecule has 29 heavy (non-hydrogen) atoms. The van der Waals surface area contributed by atoms with Crippen molar-refractivity contribution >= 4 is 23.1 Å². The SMILES string of the molecule is CCOC(=O)C1C(c2ccccc2)=NN(c2ccccc2)N=C1c1ccccc1. The lowest BCUT2D eigenvalue weighted by molar-refractivity contribution is -0.143. The number of hydrogen-bond acceptors (Lipinski definition) is 5. The highest BCUT2D eigenvalue weighted by atomic mass is 16.5. The van der Waals surface area contributed by atoms with Crippen molar-refractivity contribution in [3.63, 3.8) is 0 Å². The van der Waals surface area contributed by atoms with Crippen molar-refractivity contribution < 1.29 is 9.53 Å². The van der Waals surface area contributed by atoms with Gasteiger partial charge in [-0.15, -0.1) is 0 Å². The van der Waals surface area contributed by atoms with Crippen LogP contribution in [0.2, 0.25) is 0 Å². The predicted octanol–water partition coefficient (Wildman–Crippen LogP) is 4.49. The number of rotatable bonds is 5. The van der Waals surface area contributed by atoms with Gasteiger partial charge in [-0.1, -0.05) is 78.9 Å². The molecule has 1 aliphatic heterocycles. The lowest BCUT2D eigenvalue weighted by Crippen LogP contribution is -2.40. The first-order chi connectivity index (χ1) is 14.3. The quantitative estimate of drug-likeness (QED) is 0.610. The number of benzene rings is 3. The molecule has 0 N–H and O–H groups in total. The molecule has 1 heterocycles. The number of esters is 1. The number of para-hydroxylation sites is 1. The summed E-state index contributed by atoms with van der Waals surface area (Å²) < 4.78 is 5.41. The van der Waals surface area contributed by atoms with E-state index in [1.54, 1.807) is 12.0 Å². The summed E-state index contributed by atoms with van der Waals surface area (Å²) in [6.07, 6.45) is 0. The third-order valence-corrected chi connectivity index (χ3v) is 4.60. The first-order valence-corrected chi connectivity index (χ1v) is 9.57. The van der Waals surface area contributed by atoms with Crippen molar-refractivity contribution in [1.29, 1.82) is 0 Å². The molecule has 0 radical (unpaired) electrons. The summed E-state index contributed by atoms with van der Waals surface area (Å²) >= 11 is 0. The molecule has 0 fully saturated rings. The van der Waals surface area contributed by atoms with Gasteiger partial charge >= 0.3 is 5.97 Å². The van der Waals surface area contributed by atoms with Crippen LogP contribution in [0.5, 0.6) is 0 Å². The molecule has 0 aliphatic carbocycles. The second kappa shape index (κ2) is 8.52. The number of carbonyl (C=O) groups excluding carboxylic acids is 1. The number of nitrogens with zero attached hydrogens (tertiary/aromatic N) is 3. The van der Waals surface area contributed by atoms with E-state index in [9.17, 15) is 4.79 Å². The van der Waals surface area contributed by atoms with Gasteiger partial charge in [0, 0.05) is 0 Å². The number of ether oxygens (including phenoxy) is 1. The predicted molar refractivity (Wildman–Crippen MR) is 115 cm³/mol. The summed E-state index contributed by atoms with van der Waals surface area (Å²) in [5.74, 6) is -1.06. The van der Waals surface area contributed by atoms with Crippen LogP contribution in [-0.2, 0) is 9.53 Å². The topological polar surface area (TPSA) is 54.3 Å². The van der Waals surface area contributed by atoms with Crippen molar-refractivity contribution in [3.05, 3.63) is 102 Å². The Labute approximate surface area is 169 Å². The Balaban J connectivity index is 1.90. The maximum absolute atomic E-state index is 13.0. The highest BCUT2D eigenvalue weighted by Crippen LogP contribution is 2.27. The second-order valence-electron chi connectivity index (χ2n) is 6.51. The molecule has 0 aromatic heterocycles. The number of hydrazone groups is 2. The Morgan fingerprint density at radius 2 is 1.24 bits per heavy atom. The van der Waals surface area contributed by atoms with Crippen LogP contribution < -0.4 is 5.12 Å². The monoisotopic (exact) mass is 383 g/mol. The Morgan fingerprint density at radius 1 is 0.793 bits per heavy atom. The van der Waals surface area contributed by atoms with Crippen molar-refractivity contribution in [3.8, 4) is 0 Å². The van der Waals surface area contributed by atoms with Crippen molar-refractivity contribution in [2.24, 2.45) is 16.1 Å².